The van der Waals surface area contributed by atoms with Crippen molar-refractivity contribution in [1.82, 2.24) is 0 Å². The van der Waals surface area contributed by atoms with Crippen LogP contribution in [-0.4, -0.2) is 25.1 Å². The molecule has 1 atom stereocenters. The molecule has 2 rings (SSSR count). The Balaban J connectivity index is 2.32. The lowest BCUT2D eigenvalue weighted by Crippen LogP contribution is -2.48. The fourth-order valence-electron chi connectivity index (χ4n) is 2.16. The molecular formula is C14H20N2O2. The largest absolute Gasteiger partial charge is 0.478 e. The van der Waals surface area contributed by atoms with Gasteiger partial charge in [0.05, 0.1) is 5.69 Å². The summed E-state index contributed by atoms with van der Waals surface area (Å²) in [7, 11) is 0. The van der Waals surface area contributed by atoms with Crippen LogP contribution in [0.2, 0.25) is 0 Å². The number of carbonyl (C=O) groups is 1. The Morgan fingerprint density at radius 2 is 2.11 bits per heavy atom. The number of fused-ring (bicyclic) bond motifs is 1. The molecule has 1 aliphatic rings. The molecule has 1 amide bonds. The lowest BCUT2D eigenvalue weighted by Gasteiger charge is -2.35. The molecule has 0 saturated carbocycles. The van der Waals surface area contributed by atoms with E-state index in [1.54, 1.807) is 0 Å². The van der Waals surface area contributed by atoms with Gasteiger partial charge in [-0.05, 0) is 24.6 Å². The highest BCUT2D eigenvalue weighted by Crippen LogP contribution is 2.34. The van der Waals surface area contributed by atoms with Crippen LogP contribution >= 0.6 is 0 Å². The number of carbonyl (C=O) groups excluding carboxylic acids is 1. The summed E-state index contributed by atoms with van der Waals surface area (Å²) in [6.07, 6.45) is 0.116. The van der Waals surface area contributed by atoms with Gasteiger partial charge in [-0.1, -0.05) is 26.0 Å². The third kappa shape index (κ3) is 2.48. The number of amides is 1. The van der Waals surface area contributed by atoms with E-state index in [2.05, 4.69) is 13.8 Å². The fraction of sp³-hybridized carbons (Fsp3) is 0.500. The summed E-state index contributed by atoms with van der Waals surface area (Å²) in [5, 5.41) is 0. The maximum atomic E-state index is 12.4. The van der Waals surface area contributed by atoms with Crippen LogP contribution < -0.4 is 15.4 Å². The molecule has 1 aliphatic heterocycles. The minimum Gasteiger partial charge on any atom is -0.478 e. The first-order valence-corrected chi connectivity index (χ1v) is 6.40. The summed E-state index contributed by atoms with van der Waals surface area (Å²) >= 11 is 0. The maximum Gasteiger partial charge on any atom is 0.268 e. The molecule has 4 heteroatoms. The number of hydrogen-bond donors (Lipinski definition) is 1. The minimum absolute atomic E-state index is 0.0212. The van der Waals surface area contributed by atoms with Crippen LogP contribution in [0.25, 0.3) is 0 Å². The first kappa shape index (κ1) is 12.9. The summed E-state index contributed by atoms with van der Waals surface area (Å²) in [5.41, 5.74) is 6.40. The maximum absolute atomic E-state index is 12.4. The molecule has 1 aromatic carbocycles. The van der Waals surface area contributed by atoms with Crippen molar-refractivity contribution >= 4 is 11.6 Å². The smallest absolute Gasteiger partial charge is 0.268 e. The molecule has 0 spiro atoms. The molecule has 2 N–H and O–H groups in total. The summed E-state index contributed by atoms with van der Waals surface area (Å²) < 4.78 is 5.73. The van der Waals surface area contributed by atoms with Crippen molar-refractivity contribution in [3.63, 3.8) is 0 Å². The predicted octanol–water partition coefficient (Wildman–Crippen LogP) is 1.79. The highest BCUT2D eigenvalue weighted by Gasteiger charge is 2.33. The molecule has 0 aliphatic carbocycles. The van der Waals surface area contributed by atoms with E-state index in [0.717, 1.165) is 11.4 Å². The normalized spacial score (nSPS) is 18.8. The monoisotopic (exact) mass is 248 g/mol. The number of ether oxygens (including phenoxy) is 1. The summed E-state index contributed by atoms with van der Waals surface area (Å²) in [6, 6.07) is 7.67. The van der Waals surface area contributed by atoms with Crippen LogP contribution in [0.15, 0.2) is 24.3 Å². The van der Waals surface area contributed by atoms with Crippen molar-refractivity contribution < 1.29 is 9.53 Å². The van der Waals surface area contributed by atoms with Crippen molar-refractivity contribution in [2.45, 2.75) is 26.4 Å². The Morgan fingerprint density at radius 1 is 1.39 bits per heavy atom. The van der Waals surface area contributed by atoms with Gasteiger partial charge in [-0.15, -0.1) is 0 Å². The third-order valence-electron chi connectivity index (χ3n) is 2.94. The van der Waals surface area contributed by atoms with Crippen molar-refractivity contribution in [2.75, 3.05) is 18.0 Å². The van der Waals surface area contributed by atoms with Crippen LogP contribution in [0.1, 0.15) is 20.3 Å². The first-order valence-electron chi connectivity index (χ1n) is 6.40. The van der Waals surface area contributed by atoms with E-state index < -0.39 is 6.10 Å². The van der Waals surface area contributed by atoms with Crippen LogP contribution in [-0.2, 0) is 4.79 Å². The van der Waals surface area contributed by atoms with Gasteiger partial charge in [0.1, 0.15) is 5.75 Å². The molecule has 0 saturated heterocycles. The number of nitrogens with zero attached hydrogens (tertiary/aromatic N) is 1. The fourth-order valence-corrected chi connectivity index (χ4v) is 2.16. The van der Waals surface area contributed by atoms with E-state index in [-0.39, 0.29) is 5.91 Å². The second-order valence-corrected chi connectivity index (χ2v) is 4.99. The van der Waals surface area contributed by atoms with Crippen LogP contribution in [0.4, 0.5) is 5.69 Å². The Bertz CT molecular complexity index is 432. The van der Waals surface area contributed by atoms with Gasteiger partial charge in [0.15, 0.2) is 6.10 Å². The lowest BCUT2D eigenvalue weighted by atomic mass is 10.1. The van der Waals surface area contributed by atoms with Crippen molar-refractivity contribution in [1.29, 1.82) is 0 Å². The van der Waals surface area contributed by atoms with E-state index >= 15 is 0 Å². The van der Waals surface area contributed by atoms with E-state index in [0.29, 0.717) is 25.4 Å². The van der Waals surface area contributed by atoms with E-state index in [4.69, 9.17) is 10.5 Å². The second kappa shape index (κ2) is 5.40. The topological polar surface area (TPSA) is 55.6 Å². The predicted molar refractivity (Wildman–Crippen MR) is 71.7 cm³/mol. The highest BCUT2D eigenvalue weighted by molar-refractivity contribution is 6.00. The van der Waals surface area contributed by atoms with Gasteiger partial charge in [0, 0.05) is 13.0 Å². The number of anilines is 1. The average Bonchev–Trinajstić information content (AvgIpc) is 2.34. The molecule has 0 aromatic heterocycles. The van der Waals surface area contributed by atoms with Crippen molar-refractivity contribution in [3.8, 4) is 5.75 Å². The van der Waals surface area contributed by atoms with Gasteiger partial charge < -0.3 is 15.4 Å². The first-order chi connectivity index (χ1) is 8.63. The molecule has 1 heterocycles. The molecule has 1 aromatic rings. The second-order valence-electron chi connectivity index (χ2n) is 4.99. The molecule has 98 valence electrons. The molecule has 0 radical (unpaired) electrons. The van der Waals surface area contributed by atoms with Crippen LogP contribution in [0.3, 0.4) is 0 Å². The van der Waals surface area contributed by atoms with Gasteiger partial charge in [-0.25, -0.2) is 0 Å². The van der Waals surface area contributed by atoms with Crippen LogP contribution in [0.5, 0.6) is 5.75 Å². The quantitative estimate of drug-likeness (QED) is 0.883. The number of hydrogen-bond acceptors (Lipinski definition) is 3. The zero-order chi connectivity index (χ0) is 13.1. The Kier molecular flexibility index (Phi) is 3.87. The summed E-state index contributed by atoms with van der Waals surface area (Å²) in [5.74, 6) is 1.21. The molecule has 1 unspecified atom stereocenters. The van der Waals surface area contributed by atoms with Crippen molar-refractivity contribution in [2.24, 2.45) is 11.7 Å². The van der Waals surface area contributed by atoms with Gasteiger partial charge in [-0.2, -0.15) is 0 Å². The van der Waals surface area contributed by atoms with E-state index in [1.165, 1.54) is 0 Å². The van der Waals surface area contributed by atoms with Crippen LogP contribution in [0, 0.1) is 5.92 Å². The minimum atomic E-state index is -0.441. The third-order valence-corrected chi connectivity index (χ3v) is 2.94. The summed E-state index contributed by atoms with van der Waals surface area (Å²) in [6.45, 7) is 5.36. The van der Waals surface area contributed by atoms with E-state index in [9.17, 15) is 4.79 Å². The highest BCUT2D eigenvalue weighted by atomic mass is 16.5. The number of para-hydroxylation sites is 2. The Morgan fingerprint density at radius 3 is 2.78 bits per heavy atom. The average molecular weight is 248 g/mol. The number of nitrogens with two attached hydrogens (primary N) is 1. The van der Waals surface area contributed by atoms with Gasteiger partial charge in [-0.3, -0.25) is 4.79 Å². The lowest BCUT2D eigenvalue weighted by molar-refractivity contribution is -0.126. The van der Waals surface area contributed by atoms with Gasteiger partial charge in [0.2, 0.25) is 0 Å². The molecule has 4 nitrogen and oxygen atoms in total. The number of benzene rings is 1. The zero-order valence-corrected chi connectivity index (χ0v) is 10.9. The van der Waals surface area contributed by atoms with E-state index in [1.807, 2.05) is 29.2 Å². The number of rotatable bonds is 4. The van der Waals surface area contributed by atoms with Crippen molar-refractivity contribution in [3.05, 3.63) is 24.3 Å². The molecular weight excluding hydrogens is 228 g/mol. The SMILES string of the molecule is CC(C)CN1C(=O)C(CCN)Oc2ccccc21. The standard InChI is InChI=1S/C14H20N2O2/c1-10(2)9-16-11-5-3-4-6-12(11)18-13(7-8-15)14(16)17/h3-6,10,13H,7-9,15H2,1-2H3. The molecule has 0 fully saturated rings. The Labute approximate surface area is 108 Å². The molecule has 0 bridgehead atoms. The summed E-state index contributed by atoms with van der Waals surface area (Å²) in [4.78, 5) is 14.2. The molecule has 18 heavy (non-hydrogen) atoms. The van der Waals surface area contributed by atoms with Gasteiger partial charge in [0.25, 0.3) is 5.91 Å². The van der Waals surface area contributed by atoms with Gasteiger partial charge >= 0.3 is 0 Å². The Hall–Kier alpha value is -1.55. The zero-order valence-electron chi connectivity index (χ0n) is 10.9.